The molecule has 24 heavy (non-hydrogen) atoms. The van der Waals surface area contributed by atoms with Gasteiger partial charge < -0.3 is 15.2 Å². The van der Waals surface area contributed by atoms with Crippen molar-refractivity contribution in [3.05, 3.63) is 46.0 Å². The summed E-state index contributed by atoms with van der Waals surface area (Å²) < 4.78 is 4.97. The molecule has 10 nitrogen and oxygen atoms in total. The summed E-state index contributed by atoms with van der Waals surface area (Å²) in [6, 6.07) is 2.75. The van der Waals surface area contributed by atoms with E-state index in [-0.39, 0.29) is 0 Å². The number of amides is 3. The van der Waals surface area contributed by atoms with Gasteiger partial charge in [-0.15, -0.1) is 0 Å². The van der Waals surface area contributed by atoms with Crippen molar-refractivity contribution >= 4 is 24.0 Å². The number of benzene rings is 1. The zero-order valence-electron chi connectivity index (χ0n) is 12.2. The van der Waals surface area contributed by atoms with Crippen molar-refractivity contribution in [2.75, 3.05) is 6.61 Å². The number of ether oxygens (including phenoxy) is 1. The Hall–Kier alpha value is -3.43. The lowest BCUT2D eigenvalue weighted by atomic mass is 10.0. The highest BCUT2D eigenvalue weighted by molar-refractivity contribution is 6.00. The van der Waals surface area contributed by atoms with Crippen LogP contribution < -0.4 is 15.4 Å². The van der Waals surface area contributed by atoms with Crippen LogP contribution in [-0.2, 0) is 9.59 Å². The molecular formula is C14H13N3O7. The van der Waals surface area contributed by atoms with Crippen LogP contribution in [-0.4, -0.2) is 46.6 Å². The number of carboxylic acids is 1. The second-order valence-electron chi connectivity index (χ2n) is 4.83. The minimum atomic E-state index is -1.61. The lowest BCUT2D eigenvalue weighted by molar-refractivity contribution is -0.510. The molecule has 2 rings (SSSR count). The van der Waals surface area contributed by atoms with Crippen LogP contribution in [0, 0.1) is 10.1 Å². The summed E-state index contributed by atoms with van der Waals surface area (Å²) in [6.07, 6.45) is 2.85. The Morgan fingerprint density at radius 3 is 2.58 bits per heavy atom. The van der Waals surface area contributed by atoms with E-state index in [1.165, 1.54) is 24.3 Å². The Labute approximate surface area is 135 Å². The first-order valence-corrected chi connectivity index (χ1v) is 6.74. The number of carbonyl (C=O) groups excluding carboxylic acids is 2. The number of hydrogen-bond donors (Lipinski definition) is 3. The Kier molecular flexibility index (Phi) is 5.09. The van der Waals surface area contributed by atoms with Gasteiger partial charge in [0.1, 0.15) is 11.8 Å². The molecule has 0 bridgehead atoms. The molecule has 2 atom stereocenters. The molecule has 0 radical (unpaired) electrons. The van der Waals surface area contributed by atoms with E-state index < -0.39 is 41.5 Å². The van der Waals surface area contributed by atoms with Gasteiger partial charge >= 0.3 is 23.9 Å². The molecule has 0 aliphatic carbocycles. The average molecular weight is 335 g/mol. The van der Waals surface area contributed by atoms with Crippen molar-refractivity contribution in [2.45, 2.75) is 12.1 Å². The van der Waals surface area contributed by atoms with Gasteiger partial charge in [-0.1, -0.05) is 24.3 Å². The molecular weight excluding hydrogens is 322 g/mol. The predicted molar refractivity (Wildman–Crippen MR) is 79.9 cm³/mol. The third kappa shape index (κ3) is 4.29. The van der Waals surface area contributed by atoms with Crippen LogP contribution in [0.25, 0.3) is 6.08 Å². The topological polar surface area (TPSA) is 148 Å². The van der Waals surface area contributed by atoms with E-state index >= 15 is 0 Å². The molecule has 1 fully saturated rings. The van der Waals surface area contributed by atoms with Crippen LogP contribution in [0.1, 0.15) is 5.56 Å². The van der Waals surface area contributed by atoms with Crippen molar-refractivity contribution in [1.29, 1.82) is 0 Å². The number of carbonyl (C=O) groups is 3. The van der Waals surface area contributed by atoms with Crippen molar-refractivity contribution in [2.24, 2.45) is 0 Å². The molecule has 2 unspecified atom stereocenters. The number of rotatable bonds is 6. The lowest BCUT2D eigenvalue weighted by Gasteiger charge is -2.23. The standard InChI is InChI=1S/C14H13N3O7/c18-11(19)7-24-9-4-1-8(2-5-9)3-6-10-12(17(22)23)13(20)16-14(21)15-10/h1-6,10,12H,7H2,(H,18,19)(H2,15,16,20,21)/b6-3+. The van der Waals surface area contributed by atoms with E-state index in [1.54, 1.807) is 12.1 Å². The first-order chi connectivity index (χ1) is 11.4. The van der Waals surface area contributed by atoms with Crippen molar-refractivity contribution < 1.29 is 29.2 Å². The van der Waals surface area contributed by atoms with Gasteiger partial charge in [0.25, 0.3) is 0 Å². The third-order valence-corrected chi connectivity index (χ3v) is 3.11. The second-order valence-corrected chi connectivity index (χ2v) is 4.83. The summed E-state index contributed by atoms with van der Waals surface area (Å²) in [5, 5.41) is 23.6. The van der Waals surface area contributed by atoms with Crippen LogP contribution in [0.2, 0.25) is 0 Å². The smallest absolute Gasteiger partial charge is 0.341 e. The number of nitrogens with one attached hydrogen (secondary N) is 2. The SMILES string of the molecule is O=C(O)COc1ccc(/C=C/C2NC(=O)NC(=O)C2[N+](=O)[O-])cc1. The number of nitro groups is 1. The number of aliphatic carboxylic acids is 1. The quantitative estimate of drug-likeness (QED) is 0.490. The number of hydrogen-bond acceptors (Lipinski definition) is 6. The fourth-order valence-electron chi connectivity index (χ4n) is 2.03. The van der Waals surface area contributed by atoms with Crippen LogP contribution in [0.3, 0.4) is 0 Å². The van der Waals surface area contributed by atoms with Crippen LogP contribution >= 0.6 is 0 Å². The van der Waals surface area contributed by atoms with Crippen molar-refractivity contribution in [1.82, 2.24) is 10.6 Å². The maximum absolute atomic E-state index is 11.5. The molecule has 1 aromatic rings. The molecule has 3 amide bonds. The summed E-state index contributed by atoms with van der Waals surface area (Å²) in [4.78, 5) is 43.4. The zero-order valence-corrected chi connectivity index (χ0v) is 12.2. The van der Waals surface area contributed by atoms with Gasteiger partial charge in [-0.2, -0.15) is 0 Å². The summed E-state index contributed by atoms with van der Waals surface area (Å²) >= 11 is 0. The van der Waals surface area contributed by atoms with E-state index in [9.17, 15) is 24.5 Å². The Bertz CT molecular complexity index is 699. The highest BCUT2D eigenvalue weighted by Crippen LogP contribution is 2.14. The van der Waals surface area contributed by atoms with Crippen LogP contribution in [0.4, 0.5) is 4.79 Å². The molecule has 1 aliphatic rings. The van der Waals surface area contributed by atoms with E-state index in [0.717, 1.165) is 0 Å². The fourth-order valence-corrected chi connectivity index (χ4v) is 2.03. The summed E-state index contributed by atoms with van der Waals surface area (Å²) in [5.74, 6) is -1.73. The highest BCUT2D eigenvalue weighted by atomic mass is 16.6. The minimum absolute atomic E-state index is 0.350. The monoisotopic (exact) mass is 335 g/mol. The molecule has 1 heterocycles. The predicted octanol–water partition coefficient (Wildman–Crippen LogP) is 0.0165. The molecule has 0 spiro atoms. The first-order valence-electron chi connectivity index (χ1n) is 6.74. The number of urea groups is 1. The molecule has 1 aromatic carbocycles. The molecule has 10 heteroatoms. The number of carboxylic acid groups (broad SMARTS) is 1. The average Bonchev–Trinajstić information content (AvgIpc) is 2.50. The summed E-state index contributed by atoms with van der Waals surface area (Å²) in [7, 11) is 0. The summed E-state index contributed by atoms with van der Waals surface area (Å²) in [5.41, 5.74) is 0.625. The largest absolute Gasteiger partial charge is 0.482 e. The Morgan fingerprint density at radius 1 is 1.33 bits per heavy atom. The molecule has 0 saturated carbocycles. The summed E-state index contributed by atoms with van der Waals surface area (Å²) in [6.45, 7) is -0.469. The van der Waals surface area contributed by atoms with Gasteiger partial charge in [0.05, 0.1) is 0 Å². The molecule has 1 saturated heterocycles. The van der Waals surface area contributed by atoms with Gasteiger partial charge in [-0.05, 0) is 17.7 Å². The van der Waals surface area contributed by atoms with Crippen LogP contribution in [0.15, 0.2) is 30.3 Å². The molecule has 1 aliphatic heterocycles. The van der Waals surface area contributed by atoms with E-state index in [4.69, 9.17) is 9.84 Å². The van der Waals surface area contributed by atoms with Crippen molar-refractivity contribution in [3.8, 4) is 5.75 Å². The van der Waals surface area contributed by atoms with Gasteiger partial charge in [0.2, 0.25) is 0 Å². The Morgan fingerprint density at radius 2 is 2.00 bits per heavy atom. The third-order valence-electron chi connectivity index (χ3n) is 3.11. The molecule has 0 aromatic heterocycles. The van der Waals surface area contributed by atoms with E-state index in [0.29, 0.717) is 11.3 Å². The maximum atomic E-state index is 11.5. The first kappa shape index (κ1) is 16.9. The number of imide groups is 1. The Balaban J connectivity index is 2.07. The van der Waals surface area contributed by atoms with Crippen molar-refractivity contribution in [3.63, 3.8) is 0 Å². The normalized spacial score (nSPS) is 20.3. The van der Waals surface area contributed by atoms with Gasteiger partial charge in [0.15, 0.2) is 6.61 Å². The zero-order chi connectivity index (χ0) is 17.7. The highest BCUT2D eigenvalue weighted by Gasteiger charge is 2.43. The van der Waals surface area contributed by atoms with Gasteiger partial charge in [-0.3, -0.25) is 20.2 Å². The maximum Gasteiger partial charge on any atom is 0.341 e. The fraction of sp³-hybridized carbons (Fsp3) is 0.214. The number of nitrogens with zero attached hydrogens (tertiary/aromatic N) is 1. The molecule has 126 valence electrons. The van der Waals surface area contributed by atoms with E-state index in [1.807, 2.05) is 5.32 Å². The van der Waals surface area contributed by atoms with Crippen LogP contribution in [0.5, 0.6) is 5.75 Å². The minimum Gasteiger partial charge on any atom is -0.482 e. The van der Waals surface area contributed by atoms with Gasteiger partial charge in [-0.25, -0.2) is 9.59 Å². The molecule has 3 N–H and O–H groups in total. The van der Waals surface area contributed by atoms with Gasteiger partial charge in [0, 0.05) is 4.92 Å². The second kappa shape index (κ2) is 7.22. The lowest BCUT2D eigenvalue weighted by Crippen LogP contribution is -2.62. The van der Waals surface area contributed by atoms with E-state index in [2.05, 4.69) is 5.32 Å².